The molecule has 0 fully saturated rings. The Morgan fingerprint density at radius 1 is 0.316 bits per heavy atom. The molecule has 0 saturated carbocycles. The zero-order chi connectivity index (χ0) is 25.1. The van der Waals surface area contributed by atoms with E-state index < -0.39 is 0 Å². The average Bonchev–Trinajstić information content (AvgIpc) is 3.33. The highest BCUT2D eigenvalue weighted by atomic mass is 15.0. The van der Waals surface area contributed by atoms with E-state index in [-0.39, 0.29) is 0 Å². The van der Waals surface area contributed by atoms with Gasteiger partial charge in [-0.25, -0.2) is 0 Å². The van der Waals surface area contributed by atoms with E-state index in [0.29, 0.717) is 0 Å². The van der Waals surface area contributed by atoms with Gasteiger partial charge in [0.2, 0.25) is 0 Å². The number of nitrogens with zero attached hydrogens (tertiary/aromatic N) is 2. The van der Waals surface area contributed by atoms with Crippen molar-refractivity contribution in [1.82, 2.24) is 8.97 Å². The molecule has 0 amide bonds. The summed E-state index contributed by atoms with van der Waals surface area (Å²) < 4.78 is 4.87. The normalized spacial score (nSPS) is 11.7. The minimum Gasteiger partial charge on any atom is -0.308 e. The molecule has 8 rings (SSSR count). The van der Waals surface area contributed by atoms with Crippen molar-refractivity contribution in [2.24, 2.45) is 0 Å². The van der Waals surface area contributed by atoms with E-state index in [1.54, 1.807) is 0 Å². The highest BCUT2D eigenvalue weighted by molar-refractivity contribution is 6.20. The van der Waals surface area contributed by atoms with Crippen LogP contribution in [0.25, 0.3) is 65.9 Å². The molecule has 0 atom stereocenters. The number of rotatable bonds is 2. The lowest BCUT2D eigenvalue weighted by molar-refractivity contribution is 1.16. The molecular weight excluding hydrogens is 460 g/mol. The fourth-order valence-electron chi connectivity index (χ4n) is 6.07. The van der Waals surface area contributed by atoms with Crippen LogP contribution in [0.5, 0.6) is 0 Å². The van der Waals surface area contributed by atoms with Crippen molar-refractivity contribution in [2.75, 3.05) is 0 Å². The first kappa shape index (κ1) is 21.0. The third-order valence-corrected chi connectivity index (χ3v) is 7.73. The summed E-state index contributed by atoms with van der Waals surface area (Å²) >= 11 is 0. The van der Waals surface area contributed by atoms with Crippen LogP contribution in [0.15, 0.2) is 146 Å². The zero-order valence-corrected chi connectivity index (χ0v) is 20.8. The Kier molecular flexibility index (Phi) is 4.55. The minimum absolute atomic E-state index is 1.14. The first-order valence-corrected chi connectivity index (χ1v) is 13.0. The summed E-state index contributed by atoms with van der Waals surface area (Å²) in [7, 11) is 0. The Labute approximate surface area is 220 Å². The van der Waals surface area contributed by atoms with Crippen LogP contribution < -0.4 is 0 Å². The number of benzene rings is 6. The van der Waals surface area contributed by atoms with Crippen molar-refractivity contribution < 1.29 is 0 Å². The quantitative estimate of drug-likeness (QED) is 0.231. The van der Waals surface area contributed by atoms with E-state index >= 15 is 0 Å². The maximum Gasteiger partial charge on any atom is 0.0703 e. The first-order chi connectivity index (χ1) is 18.9. The number of hydrogen-bond donors (Lipinski definition) is 0. The Morgan fingerprint density at radius 3 is 1.53 bits per heavy atom. The van der Waals surface area contributed by atoms with Crippen LogP contribution in [0.3, 0.4) is 0 Å². The molecule has 6 aromatic carbocycles. The Bertz CT molecular complexity index is 2160. The van der Waals surface area contributed by atoms with E-state index in [9.17, 15) is 0 Å². The monoisotopic (exact) mass is 484 g/mol. The molecule has 2 nitrogen and oxygen atoms in total. The van der Waals surface area contributed by atoms with Crippen LogP contribution in [0.1, 0.15) is 0 Å². The minimum atomic E-state index is 1.14. The largest absolute Gasteiger partial charge is 0.308 e. The second kappa shape index (κ2) is 8.22. The molecule has 0 aliphatic carbocycles. The summed E-state index contributed by atoms with van der Waals surface area (Å²) in [6.45, 7) is 0. The molecular formula is C36H24N2. The van der Waals surface area contributed by atoms with Gasteiger partial charge in [0, 0.05) is 27.2 Å². The van der Waals surface area contributed by atoms with E-state index in [1.807, 2.05) is 0 Å². The van der Waals surface area contributed by atoms with E-state index in [0.717, 1.165) is 11.2 Å². The van der Waals surface area contributed by atoms with Gasteiger partial charge >= 0.3 is 0 Å². The van der Waals surface area contributed by atoms with Gasteiger partial charge in [-0.05, 0) is 47.5 Å². The van der Waals surface area contributed by atoms with Gasteiger partial charge in [0.1, 0.15) is 0 Å². The van der Waals surface area contributed by atoms with Gasteiger partial charge in [-0.3, -0.25) is 0 Å². The number of fused-ring (bicyclic) bond motifs is 7. The predicted molar refractivity (Wildman–Crippen MR) is 161 cm³/mol. The molecule has 2 heterocycles. The summed E-state index contributed by atoms with van der Waals surface area (Å²) in [6.07, 6.45) is 0. The molecule has 0 aliphatic heterocycles. The lowest BCUT2D eigenvalue weighted by atomic mass is 10.0. The fraction of sp³-hybridized carbons (Fsp3) is 0. The van der Waals surface area contributed by atoms with Gasteiger partial charge in [-0.1, -0.05) is 109 Å². The van der Waals surface area contributed by atoms with E-state index in [4.69, 9.17) is 0 Å². The summed E-state index contributed by atoms with van der Waals surface area (Å²) in [5.41, 5.74) is 9.56. The lowest BCUT2D eigenvalue weighted by Crippen LogP contribution is -2.01. The smallest absolute Gasteiger partial charge is 0.0703 e. The molecule has 0 bridgehead atoms. The Morgan fingerprint density at radius 2 is 0.816 bits per heavy atom. The number of para-hydroxylation sites is 5. The molecule has 0 saturated heterocycles. The molecule has 2 aromatic heterocycles. The van der Waals surface area contributed by atoms with Crippen LogP contribution in [0.2, 0.25) is 0 Å². The van der Waals surface area contributed by atoms with Crippen molar-refractivity contribution in [3.63, 3.8) is 0 Å². The van der Waals surface area contributed by atoms with Crippen molar-refractivity contribution in [2.45, 2.75) is 0 Å². The fourth-order valence-corrected chi connectivity index (χ4v) is 6.07. The van der Waals surface area contributed by atoms with Crippen molar-refractivity contribution in [3.8, 4) is 16.8 Å². The molecule has 178 valence electrons. The topological polar surface area (TPSA) is 9.34 Å². The van der Waals surface area contributed by atoms with Gasteiger partial charge in [0.25, 0.3) is 0 Å². The standard InChI is InChI=1S/C36H24N2/c1-2-11-25(12-3-1)26-21-23-27(24-22-26)37-32-17-6-4-13-28(32)30-15-10-16-31-29-14-5-7-18-33(29)38(36(30)31)35-20-9-8-19-34(35)37/h1-24H. The Balaban J connectivity index is 1.60. The van der Waals surface area contributed by atoms with Crippen LogP contribution in [-0.4, -0.2) is 8.97 Å². The third-order valence-electron chi connectivity index (χ3n) is 7.73. The van der Waals surface area contributed by atoms with Crippen molar-refractivity contribution in [3.05, 3.63) is 146 Å². The van der Waals surface area contributed by atoms with Gasteiger partial charge in [-0.2, -0.15) is 0 Å². The lowest BCUT2D eigenvalue weighted by Gasteiger charge is -2.17. The molecule has 2 heteroatoms. The van der Waals surface area contributed by atoms with Crippen molar-refractivity contribution in [1.29, 1.82) is 0 Å². The van der Waals surface area contributed by atoms with Gasteiger partial charge in [0.05, 0.1) is 27.6 Å². The molecule has 0 spiro atoms. The first-order valence-electron chi connectivity index (χ1n) is 13.0. The zero-order valence-electron chi connectivity index (χ0n) is 20.8. The second-order valence-electron chi connectivity index (χ2n) is 9.81. The highest BCUT2D eigenvalue weighted by Crippen LogP contribution is 2.37. The predicted octanol–water partition coefficient (Wildman–Crippen LogP) is 9.57. The molecule has 0 radical (unpaired) electrons. The van der Waals surface area contributed by atoms with Gasteiger partial charge in [-0.15, -0.1) is 0 Å². The Hall–Kier alpha value is -5.08. The van der Waals surface area contributed by atoms with E-state index in [2.05, 4.69) is 155 Å². The van der Waals surface area contributed by atoms with Crippen molar-refractivity contribution >= 4 is 49.1 Å². The number of aromatic nitrogens is 2. The third kappa shape index (κ3) is 3.01. The molecule has 8 aromatic rings. The molecule has 0 N–H and O–H groups in total. The SMILES string of the molecule is c1ccc(-c2ccc(-n3c4ccccc4c4cccc5c6ccccc6n(c6ccccc63)c45)cc2)cc1. The van der Waals surface area contributed by atoms with Crippen LogP contribution in [0, 0.1) is 0 Å². The number of hydrogen-bond acceptors (Lipinski definition) is 0. The van der Waals surface area contributed by atoms with Crippen LogP contribution >= 0.6 is 0 Å². The summed E-state index contributed by atoms with van der Waals surface area (Å²) in [5, 5.41) is 5.03. The summed E-state index contributed by atoms with van der Waals surface area (Å²) in [5.74, 6) is 0. The molecule has 0 aliphatic rings. The molecule has 0 unspecified atom stereocenters. The maximum atomic E-state index is 2.45. The van der Waals surface area contributed by atoms with Crippen LogP contribution in [-0.2, 0) is 0 Å². The molecule has 38 heavy (non-hydrogen) atoms. The second-order valence-corrected chi connectivity index (χ2v) is 9.81. The average molecular weight is 485 g/mol. The van der Waals surface area contributed by atoms with Gasteiger partial charge in [0.15, 0.2) is 0 Å². The van der Waals surface area contributed by atoms with E-state index in [1.165, 1.54) is 54.7 Å². The van der Waals surface area contributed by atoms with Gasteiger partial charge < -0.3 is 8.97 Å². The highest BCUT2D eigenvalue weighted by Gasteiger charge is 2.15. The summed E-state index contributed by atoms with van der Waals surface area (Å²) in [6, 6.07) is 52.5. The maximum absolute atomic E-state index is 2.45. The summed E-state index contributed by atoms with van der Waals surface area (Å²) in [4.78, 5) is 0. The van der Waals surface area contributed by atoms with Crippen LogP contribution in [0.4, 0.5) is 0 Å².